The average Bonchev–Trinajstić information content (AvgIpc) is 2.93. The second-order valence-electron chi connectivity index (χ2n) is 5.27. The normalized spacial score (nSPS) is 24.5. The molecule has 2 fully saturated rings. The van der Waals surface area contributed by atoms with Gasteiger partial charge in [-0.2, -0.15) is 0 Å². The molecule has 2 atom stereocenters. The van der Waals surface area contributed by atoms with Gasteiger partial charge in [-0.3, -0.25) is 14.5 Å². The molecule has 1 N–H and O–H groups in total. The van der Waals surface area contributed by atoms with Crippen molar-refractivity contribution in [3.05, 3.63) is 35.4 Å². The SMILES string of the molecule is O=C(O)c1ccc(CCN2C(=O)C3CCC(O3)C2=O)cc1. The molecule has 6 heteroatoms. The van der Waals surface area contributed by atoms with E-state index in [-0.39, 0.29) is 17.4 Å². The fourth-order valence-corrected chi connectivity index (χ4v) is 2.73. The van der Waals surface area contributed by atoms with Crippen LogP contribution in [0.3, 0.4) is 0 Å². The highest BCUT2D eigenvalue weighted by Crippen LogP contribution is 2.28. The molecule has 3 rings (SSSR count). The summed E-state index contributed by atoms with van der Waals surface area (Å²) in [4.78, 5) is 36.2. The van der Waals surface area contributed by atoms with Crippen molar-refractivity contribution in [3.63, 3.8) is 0 Å². The van der Waals surface area contributed by atoms with E-state index in [4.69, 9.17) is 9.84 Å². The Morgan fingerprint density at radius 2 is 1.71 bits per heavy atom. The number of amides is 2. The van der Waals surface area contributed by atoms with E-state index in [1.807, 2.05) is 0 Å². The number of ether oxygens (including phenoxy) is 1. The van der Waals surface area contributed by atoms with Crippen molar-refractivity contribution in [2.24, 2.45) is 0 Å². The van der Waals surface area contributed by atoms with E-state index in [0.29, 0.717) is 25.8 Å². The van der Waals surface area contributed by atoms with Crippen LogP contribution < -0.4 is 0 Å². The lowest BCUT2D eigenvalue weighted by Crippen LogP contribution is -2.52. The molecule has 2 bridgehead atoms. The lowest BCUT2D eigenvalue weighted by Gasteiger charge is -2.29. The topological polar surface area (TPSA) is 83.9 Å². The van der Waals surface area contributed by atoms with Crippen molar-refractivity contribution < 1.29 is 24.2 Å². The number of rotatable bonds is 4. The average molecular weight is 289 g/mol. The minimum Gasteiger partial charge on any atom is -0.478 e. The van der Waals surface area contributed by atoms with Crippen LogP contribution in [0, 0.1) is 0 Å². The van der Waals surface area contributed by atoms with Gasteiger partial charge in [0.1, 0.15) is 12.2 Å². The molecule has 1 aromatic rings. The highest BCUT2D eigenvalue weighted by Gasteiger charge is 2.46. The number of aromatic carboxylic acids is 1. The third-order valence-electron chi connectivity index (χ3n) is 3.93. The Labute approximate surface area is 121 Å². The minimum atomic E-state index is -0.975. The van der Waals surface area contributed by atoms with Crippen LogP contribution in [0.5, 0.6) is 0 Å². The van der Waals surface area contributed by atoms with Gasteiger partial charge >= 0.3 is 5.97 Å². The second kappa shape index (κ2) is 5.29. The van der Waals surface area contributed by atoms with Crippen LogP contribution in [0.15, 0.2) is 24.3 Å². The molecule has 2 saturated heterocycles. The Kier molecular flexibility index (Phi) is 3.47. The second-order valence-corrected chi connectivity index (χ2v) is 5.27. The summed E-state index contributed by atoms with van der Waals surface area (Å²) in [6, 6.07) is 6.44. The number of fused-ring (bicyclic) bond motifs is 2. The van der Waals surface area contributed by atoms with Gasteiger partial charge in [-0.15, -0.1) is 0 Å². The fourth-order valence-electron chi connectivity index (χ4n) is 2.73. The number of hydrogen-bond donors (Lipinski definition) is 1. The number of morpholine rings is 1. The number of imide groups is 1. The fraction of sp³-hybridized carbons (Fsp3) is 0.400. The first-order chi connectivity index (χ1) is 10.1. The number of benzene rings is 1. The lowest BCUT2D eigenvalue weighted by molar-refractivity contribution is -0.168. The molecule has 6 nitrogen and oxygen atoms in total. The summed E-state index contributed by atoms with van der Waals surface area (Å²) < 4.78 is 5.34. The molecule has 2 unspecified atom stereocenters. The highest BCUT2D eigenvalue weighted by atomic mass is 16.5. The zero-order valence-electron chi connectivity index (χ0n) is 11.3. The van der Waals surface area contributed by atoms with E-state index in [9.17, 15) is 14.4 Å². The third kappa shape index (κ3) is 2.54. The summed E-state index contributed by atoms with van der Waals surface area (Å²) in [7, 11) is 0. The smallest absolute Gasteiger partial charge is 0.335 e. The lowest BCUT2D eigenvalue weighted by atomic mass is 10.1. The van der Waals surface area contributed by atoms with Gasteiger partial charge in [0, 0.05) is 6.54 Å². The summed E-state index contributed by atoms with van der Waals surface area (Å²) >= 11 is 0. The molecule has 0 aliphatic carbocycles. The summed E-state index contributed by atoms with van der Waals surface area (Å²) in [6.07, 6.45) is 0.790. The molecule has 0 radical (unpaired) electrons. The van der Waals surface area contributed by atoms with E-state index in [0.717, 1.165) is 5.56 Å². The van der Waals surface area contributed by atoms with Gasteiger partial charge < -0.3 is 9.84 Å². The Bertz CT molecular complexity index is 573. The summed E-state index contributed by atoms with van der Waals surface area (Å²) in [6.45, 7) is 0.306. The quantitative estimate of drug-likeness (QED) is 0.830. The van der Waals surface area contributed by atoms with E-state index in [1.165, 1.54) is 17.0 Å². The predicted octanol–water partition coefficient (Wildman–Crippen LogP) is 0.844. The van der Waals surface area contributed by atoms with Crippen molar-refractivity contribution in [2.45, 2.75) is 31.5 Å². The van der Waals surface area contributed by atoms with Crippen molar-refractivity contribution in [2.75, 3.05) is 6.54 Å². The van der Waals surface area contributed by atoms with E-state index >= 15 is 0 Å². The Hall–Kier alpha value is -2.21. The van der Waals surface area contributed by atoms with Gasteiger partial charge in [-0.1, -0.05) is 12.1 Å². The van der Waals surface area contributed by atoms with Gasteiger partial charge in [0.15, 0.2) is 0 Å². The van der Waals surface area contributed by atoms with Gasteiger partial charge in [0.2, 0.25) is 0 Å². The van der Waals surface area contributed by atoms with Crippen LogP contribution >= 0.6 is 0 Å². The van der Waals surface area contributed by atoms with Gasteiger partial charge in [0.05, 0.1) is 5.56 Å². The largest absolute Gasteiger partial charge is 0.478 e. The van der Waals surface area contributed by atoms with Crippen molar-refractivity contribution >= 4 is 17.8 Å². The Balaban J connectivity index is 1.65. The van der Waals surface area contributed by atoms with Gasteiger partial charge in [-0.25, -0.2) is 4.79 Å². The van der Waals surface area contributed by atoms with Crippen LogP contribution in [0.2, 0.25) is 0 Å². The highest BCUT2D eigenvalue weighted by molar-refractivity contribution is 6.02. The molecule has 0 aromatic heterocycles. The molecule has 0 spiro atoms. The summed E-state index contributed by atoms with van der Waals surface area (Å²) in [5, 5.41) is 8.83. The maximum atomic E-state index is 12.1. The zero-order valence-corrected chi connectivity index (χ0v) is 11.3. The molecule has 2 heterocycles. The molecule has 110 valence electrons. The van der Waals surface area contributed by atoms with Gasteiger partial charge in [-0.05, 0) is 37.0 Å². The molecule has 21 heavy (non-hydrogen) atoms. The van der Waals surface area contributed by atoms with Crippen LogP contribution in [-0.4, -0.2) is 46.5 Å². The first kappa shape index (κ1) is 13.8. The maximum Gasteiger partial charge on any atom is 0.335 e. The predicted molar refractivity (Wildman–Crippen MR) is 71.7 cm³/mol. The number of carbonyl (C=O) groups excluding carboxylic acids is 2. The molecule has 1 aromatic carbocycles. The molecular formula is C15H15NO5. The van der Waals surface area contributed by atoms with E-state index in [1.54, 1.807) is 12.1 Å². The zero-order chi connectivity index (χ0) is 15.0. The summed E-state index contributed by atoms with van der Waals surface area (Å²) in [5.41, 5.74) is 1.11. The van der Waals surface area contributed by atoms with Crippen molar-refractivity contribution in [1.29, 1.82) is 0 Å². The van der Waals surface area contributed by atoms with Crippen molar-refractivity contribution in [1.82, 2.24) is 4.90 Å². The van der Waals surface area contributed by atoms with E-state index < -0.39 is 18.2 Å². The standard InChI is InChI=1S/C15H15NO5/c17-13-11-5-6-12(21-11)14(18)16(13)8-7-9-1-3-10(4-2-9)15(19)20/h1-4,11-12H,5-8H2,(H,19,20). The third-order valence-corrected chi connectivity index (χ3v) is 3.93. The molecule has 2 amide bonds. The molecular weight excluding hydrogens is 274 g/mol. The number of likely N-dealkylation sites (tertiary alicyclic amines) is 1. The van der Waals surface area contributed by atoms with E-state index in [2.05, 4.69) is 0 Å². The van der Waals surface area contributed by atoms with Crippen LogP contribution in [0.1, 0.15) is 28.8 Å². The molecule has 2 aliphatic rings. The summed E-state index contributed by atoms with van der Waals surface area (Å²) in [5.74, 6) is -1.48. The minimum absolute atomic E-state index is 0.218. The van der Waals surface area contributed by atoms with Gasteiger partial charge in [0.25, 0.3) is 11.8 Å². The van der Waals surface area contributed by atoms with Crippen LogP contribution in [0.4, 0.5) is 0 Å². The number of carboxylic acids is 1. The first-order valence-corrected chi connectivity index (χ1v) is 6.89. The maximum absolute atomic E-state index is 12.1. The first-order valence-electron chi connectivity index (χ1n) is 6.89. The number of hydrogen-bond acceptors (Lipinski definition) is 4. The number of carbonyl (C=O) groups is 3. The number of nitrogens with zero attached hydrogens (tertiary/aromatic N) is 1. The Morgan fingerprint density at radius 3 is 2.24 bits per heavy atom. The van der Waals surface area contributed by atoms with Crippen molar-refractivity contribution in [3.8, 4) is 0 Å². The molecule has 0 saturated carbocycles. The number of carboxylic acid groups (broad SMARTS) is 1. The van der Waals surface area contributed by atoms with Crippen LogP contribution in [-0.2, 0) is 20.7 Å². The monoisotopic (exact) mass is 289 g/mol. The Morgan fingerprint density at radius 1 is 1.14 bits per heavy atom. The van der Waals surface area contributed by atoms with Crippen LogP contribution in [0.25, 0.3) is 0 Å². The molecule has 2 aliphatic heterocycles.